The quantitative estimate of drug-likeness (QED) is 0.157. The molecule has 0 unspecified atom stereocenters. The van der Waals surface area contributed by atoms with Crippen LogP contribution >= 0.6 is 0 Å². The van der Waals surface area contributed by atoms with E-state index < -0.39 is 0 Å². The van der Waals surface area contributed by atoms with Crippen molar-refractivity contribution in [2.75, 3.05) is 0 Å². The van der Waals surface area contributed by atoms with Crippen LogP contribution in [-0.4, -0.2) is 18.3 Å². The van der Waals surface area contributed by atoms with Gasteiger partial charge in [0.25, 0.3) is 0 Å². The average molecular weight is 1120 g/mol. The number of nitrogens with zero attached hydrogens (tertiary/aromatic N) is 4. The molecule has 4 heterocycles. The Bertz CT molecular complexity index is 5770. The van der Waals surface area contributed by atoms with Crippen LogP contribution in [-0.2, 0) is 0 Å². The molecule has 19 aromatic rings. The summed E-state index contributed by atoms with van der Waals surface area (Å²) < 4.78 is 9.98. The van der Waals surface area contributed by atoms with Crippen LogP contribution in [0.15, 0.2) is 303 Å². The van der Waals surface area contributed by atoms with Crippen LogP contribution in [0.3, 0.4) is 0 Å². The highest BCUT2D eigenvalue weighted by atomic mass is 15.0. The first-order chi connectivity index (χ1) is 43.7. The second-order valence-electron chi connectivity index (χ2n) is 23.8. The molecule has 1 aliphatic carbocycles. The lowest BCUT2D eigenvalue weighted by Gasteiger charge is -2.28. The highest BCUT2D eigenvalue weighted by Crippen LogP contribution is 2.55. The third kappa shape index (κ3) is 6.42. The molecular weight excluding hydrogens is 1060 g/mol. The number of rotatable bonds is 4. The van der Waals surface area contributed by atoms with Gasteiger partial charge in [-0.1, -0.05) is 206 Å². The SMILES string of the molecule is c1ccc2c(c1)-c1c(cccc1-n1c3ccccc3c3cc(-n4c5ccccc5c5ccccc54)ccc31)-c1cc3c4ccccc4c4ccccc4c3cc1-c1cccc(-n3c4ccccc4c4cc(-n5c6ccccc6c6ccccc65)ccc43)c1-2. The Labute approximate surface area is 505 Å². The fourth-order valence-electron chi connectivity index (χ4n) is 15.9. The van der Waals surface area contributed by atoms with Gasteiger partial charge in [-0.2, -0.15) is 0 Å². The van der Waals surface area contributed by atoms with Crippen LogP contribution in [0.1, 0.15) is 0 Å². The van der Waals surface area contributed by atoms with Gasteiger partial charge in [0, 0.05) is 65.6 Å². The minimum atomic E-state index is 1.13. The number of hydrogen-bond acceptors (Lipinski definition) is 0. The summed E-state index contributed by atoms with van der Waals surface area (Å²) in [6, 6.07) is 114. The lowest BCUT2D eigenvalue weighted by molar-refractivity contribution is 1.16. The maximum atomic E-state index is 2.55. The molecule has 0 bridgehead atoms. The molecule has 0 atom stereocenters. The van der Waals surface area contributed by atoms with Crippen LogP contribution < -0.4 is 0 Å². The molecule has 0 saturated heterocycles. The fraction of sp³-hybridized carbons (Fsp3) is 0. The molecule has 4 aromatic heterocycles. The molecule has 1 aliphatic rings. The van der Waals surface area contributed by atoms with Gasteiger partial charge in [0.1, 0.15) is 0 Å². The first kappa shape index (κ1) is 47.6. The summed E-state index contributed by atoms with van der Waals surface area (Å²) in [6.45, 7) is 0. The summed E-state index contributed by atoms with van der Waals surface area (Å²) in [5.41, 5.74) is 23.5. The van der Waals surface area contributed by atoms with E-state index in [1.165, 1.54) is 142 Å². The van der Waals surface area contributed by atoms with E-state index in [1.54, 1.807) is 0 Å². The van der Waals surface area contributed by atoms with Gasteiger partial charge < -0.3 is 18.3 Å². The minimum absolute atomic E-state index is 1.13. The van der Waals surface area contributed by atoms with Gasteiger partial charge in [-0.15, -0.1) is 0 Å². The van der Waals surface area contributed by atoms with Gasteiger partial charge in [0.15, 0.2) is 0 Å². The van der Waals surface area contributed by atoms with Crippen molar-refractivity contribution in [3.8, 4) is 67.3 Å². The lowest BCUT2D eigenvalue weighted by atomic mass is 9.78. The minimum Gasteiger partial charge on any atom is -0.309 e. The fourth-order valence-corrected chi connectivity index (χ4v) is 15.9. The zero-order valence-electron chi connectivity index (χ0n) is 47.7. The number of benzene rings is 15. The second-order valence-corrected chi connectivity index (χ2v) is 23.8. The Morgan fingerprint density at radius 1 is 0.148 bits per heavy atom. The van der Waals surface area contributed by atoms with E-state index in [0.29, 0.717) is 0 Å². The Morgan fingerprint density at radius 3 is 0.761 bits per heavy atom. The van der Waals surface area contributed by atoms with Crippen molar-refractivity contribution in [2.45, 2.75) is 0 Å². The van der Waals surface area contributed by atoms with E-state index in [-0.39, 0.29) is 0 Å². The standard InChI is InChI=1S/C84H50N4/c1-3-23-55-53(21-1)54-22-2-4-24-56(54)68-50-70-66-34-20-42-82(88-78-40-18-12-30-62(78)72-48-52(44-46-80(72)88)86-75-37-15-9-27-59(75)60-28-10-16-38-76(60)86)84(66)64-32-6-5-31-63(64)83-65(69(70)49-67(55)68)33-19-41-81(83)87-77-39-17-11-29-61(77)71-47-51(43-45-79(71)87)85-73-35-13-7-25-57(73)58-26-8-14-36-74(58)85/h1-50H. The first-order valence-electron chi connectivity index (χ1n) is 30.5. The van der Waals surface area contributed by atoms with Crippen molar-refractivity contribution < 1.29 is 0 Å². The molecule has 20 rings (SSSR count). The Kier molecular flexibility index (Phi) is 9.69. The highest BCUT2D eigenvalue weighted by Gasteiger charge is 2.30. The molecule has 15 aromatic carbocycles. The van der Waals surface area contributed by atoms with Gasteiger partial charge in [-0.25, -0.2) is 0 Å². The molecule has 88 heavy (non-hydrogen) atoms. The van der Waals surface area contributed by atoms with Gasteiger partial charge in [0.2, 0.25) is 0 Å². The number of fused-ring (bicyclic) bond motifs is 26. The number of hydrogen-bond donors (Lipinski definition) is 0. The maximum Gasteiger partial charge on any atom is 0.0547 e. The van der Waals surface area contributed by atoms with E-state index >= 15 is 0 Å². The summed E-state index contributed by atoms with van der Waals surface area (Å²) in [4.78, 5) is 0. The zero-order chi connectivity index (χ0) is 57.3. The Hall–Kier alpha value is -11.7. The zero-order valence-corrected chi connectivity index (χ0v) is 47.7. The Balaban J connectivity index is 0.894. The number of para-hydroxylation sites is 6. The molecule has 4 heteroatoms. The largest absolute Gasteiger partial charge is 0.309 e. The molecule has 0 spiro atoms. The third-order valence-corrected chi connectivity index (χ3v) is 19.5. The van der Waals surface area contributed by atoms with Crippen molar-refractivity contribution in [1.29, 1.82) is 0 Å². The predicted octanol–water partition coefficient (Wildman–Crippen LogP) is 22.5. The van der Waals surface area contributed by atoms with Crippen molar-refractivity contribution in [1.82, 2.24) is 18.3 Å². The van der Waals surface area contributed by atoms with E-state index in [9.17, 15) is 0 Å². The highest BCUT2D eigenvalue weighted by molar-refractivity contribution is 6.28. The average Bonchev–Trinajstić information content (AvgIpc) is 1.19. The summed E-state index contributed by atoms with van der Waals surface area (Å²) in [5, 5.41) is 17.4. The smallest absolute Gasteiger partial charge is 0.0547 e. The maximum absolute atomic E-state index is 2.55. The van der Waals surface area contributed by atoms with Crippen LogP contribution in [0.5, 0.6) is 0 Å². The molecule has 0 fully saturated rings. The topological polar surface area (TPSA) is 19.7 Å². The van der Waals surface area contributed by atoms with Crippen LogP contribution in [0.2, 0.25) is 0 Å². The number of aromatic nitrogens is 4. The summed E-state index contributed by atoms with van der Waals surface area (Å²) in [6.07, 6.45) is 0. The van der Waals surface area contributed by atoms with Crippen molar-refractivity contribution >= 4 is 120 Å². The van der Waals surface area contributed by atoms with Crippen molar-refractivity contribution in [3.63, 3.8) is 0 Å². The van der Waals surface area contributed by atoms with Crippen LogP contribution in [0.4, 0.5) is 0 Å². The van der Waals surface area contributed by atoms with E-state index in [4.69, 9.17) is 0 Å². The molecule has 0 aliphatic heterocycles. The van der Waals surface area contributed by atoms with E-state index in [2.05, 4.69) is 322 Å². The van der Waals surface area contributed by atoms with Crippen LogP contribution in [0.25, 0.3) is 187 Å². The molecule has 0 saturated carbocycles. The van der Waals surface area contributed by atoms with Gasteiger partial charge in [-0.05, 0) is 163 Å². The second kappa shape index (κ2) is 17.9. The monoisotopic (exact) mass is 1110 g/mol. The Morgan fingerprint density at radius 2 is 0.409 bits per heavy atom. The third-order valence-electron chi connectivity index (χ3n) is 19.5. The van der Waals surface area contributed by atoms with Gasteiger partial charge in [0.05, 0.1) is 55.5 Å². The molecule has 0 amide bonds. The van der Waals surface area contributed by atoms with Gasteiger partial charge in [-0.3, -0.25) is 0 Å². The predicted molar refractivity (Wildman–Crippen MR) is 372 cm³/mol. The summed E-state index contributed by atoms with van der Waals surface area (Å²) in [5.74, 6) is 0. The van der Waals surface area contributed by atoms with Crippen molar-refractivity contribution in [2.24, 2.45) is 0 Å². The van der Waals surface area contributed by atoms with E-state index in [1.807, 2.05) is 0 Å². The lowest BCUT2D eigenvalue weighted by Crippen LogP contribution is -2.05. The molecule has 406 valence electrons. The molecular formula is C84H50N4. The molecule has 0 radical (unpaired) electrons. The summed E-state index contributed by atoms with van der Waals surface area (Å²) in [7, 11) is 0. The normalized spacial score (nSPS) is 12.3. The molecule has 0 N–H and O–H groups in total. The van der Waals surface area contributed by atoms with Crippen LogP contribution in [0, 0.1) is 0 Å². The summed E-state index contributed by atoms with van der Waals surface area (Å²) >= 11 is 0. The van der Waals surface area contributed by atoms with Gasteiger partial charge >= 0.3 is 0 Å². The van der Waals surface area contributed by atoms with E-state index in [0.717, 1.165) is 44.8 Å². The first-order valence-corrected chi connectivity index (χ1v) is 30.5. The van der Waals surface area contributed by atoms with Crippen molar-refractivity contribution in [3.05, 3.63) is 303 Å². The molecule has 4 nitrogen and oxygen atoms in total.